The Morgan fingerprint density at radius 1 is 0.902 bits per heavy atom. The van der Waals surface area contributed by atoms with Crippen molar-refractivity contribution in [2.24, 2.45) is 29.6 Å². The van der Waals surface area contributed by atoms with Crippen molar-refractivity contribution in [3.63, 3.8) is 0 Å². The predicted octanol–water partition coefficient (Wildman–Crippen LogP) is 6.82. The van der Waals surface area contributed by atoms with E-state index < -0.39 is 17.7 Å². The minimum atomic E-state index is -0.482. The van der Waals surface area contributed by atoms with Gasteiger partial charge >= 0.3 is 4.87 Å². The molecule has 3 amide bonds. The Bertz CT molecular complexity index is 2290. The van der Waals surface area contributed by atoms with E-state index in [1.807, 2.05) is 61.5 Å². The van der Waals surface area contributed by atoms with Crippen LogP contribution in [0.15, 0.2) is 94.7 Å². The zero-order chi connectivity index (χ0) is 35.0. The van der Waals surface area contributed by atoms with Gasteiger partial charge in [0.2, 0.25) is 11.8 Å². The lowest BCUT2D eigenvalue weighted by Gasteiger charge is -2.43. The molecule has 2 saturated carbocycles. The topological polar surface area (TPSA) is 118 Å². The number of rotatable bonds is 8. The molecule has 7 atom stereocenters. The lowest BCUT2D eigenvalue weighted by molar-refractivity contribution is -0.123. The van der Waals surface area contributed by atoms with E-state index in [0.717, 1.165) is 32.7 Å². The third-order valence-corrected chi connectivity index (χ3v) is 13.4. The molecule has 0 radical (unpaired) electrons. The SMILES string of the molecule is CCOc1cc([C@@H]2c3sc(=O)[nH]c3S[C@@H]3[C@@H]4C[C@@H]([C@@H]5C(=O)N(c6ccc(F)cc6)C(=O)[C@@H]45)[C@H]23)ccc1OCC(=O)Nc1ccc2ccccc2c1. The van der Waals surface area contributed by atoms with Crippen molar-refractivity contribution in [3.8, 4) is 11.5 Å². The first-order valence-electron chi connectivity index (χ1n) is 17.0. The fourth-order valence-electron chi connectivity index (χ4n) is 8.95. The molecule has 4 aromatic carbocycles. The van der Waals surface area contributed by atoms with Crippen molar-refractivity contribution in [2.45, 2.75) is 29.5 Å². The number of nitrogens with zero attached hydrogens (tertiary/aromatic N) is 1. The smallest absolute Gasteiger partial charge is 0.305 e. The van der Waals surface area contributed by atoms with Crippen molar-refractivity contribution < 1.29 is 28.2 Å². The molecule has 1 aromatic heterocycles. The van der Waals surface area contributed by atoms with E-state index in [1.54, 1.807) is 17.8 Å². The highest BCUT2D eigenvalue weighted by Crippen LogP contribution is 2.68. The summed E-state index contributed by atoms with van der Waals surface area (Å²) in [4.78, 5) is 58.6. The third kappa shape index (κ3) is 5.26. The second kappa shape index (κ2) is 12.4. The summed E-state index contributed by atoms with van der Waals surface area (Å²) in [7, 11) is 0. The van der Waals surface area contributed by atoms with E-state index >= 15 is 0 Å². The van der Waals surface area contributed by atoms with Crippen molar-refractivity contribution in [1.29, 1.82) is 0 Å². The van der Waals surface area contributed by atoms with Gasteiger partial charge in [-0.2, -0.15) is 0 Å². The van der Waals surface area contributed by atoms with Gasteiger partial charge in [-0.3, -0.25) is 24.1 Å². The zero-order valence-electron chi connectivity index (χ0n) is 27.3. The lowest BCUT2D eigenvalue weighted by Crippen LogP contribution is -2.42. The quantitative estimate of drug-likeness (QED) is 0.169. The Morgan fingerprint density at radius 2 is 1.67 bits per heavy atom. The molecule has 0 spiro atoms. The number of carbonyl (C=O) groups is 3. The van der Waals surface area contributed by atoms with Gasteiger partial charge in [0.15, 0.2) is 18.1 Å². The number of thioether (sulfide) groups is 1. The molecular formula is C39H32FN3O6S2. The van der Waals surface area contributed by atoms with Crippen LogP contribution in [0.4, 0.5) is 15.8 Å². The van der Waals surface area contributed by atoms with Crippen LogP contribution in [0.5, 0.6) is 11.5 Å². The standard InChI is InChI=1S/C39H32FN3O6S2/c1-2-48-28-16-21(8-14-27(28)49-18-29(44)41-23-11-7-19-5-3-4-6-20(19)15-23)30-31-25-17-26(34(31)50-36-35(30)51-39(47)42-36)33-32(25)37(45)43(38(33)46)24-12-9-22(40)10-13-24/h3-16,25-26,30-34H,2,17-18H2,1H3,(H,41,44)(H,42,47)/t25-,26-,30+,31-,32+,33+,34-/m1/s1. The molecule has 3 fully saturated rings. The number of imide groups is 1. The van der Waals surface area contributed by atoms with Crippen LogP contribution < -0.4 is 24.6 Å². The number of hydrogen-bond donors (Lipinski definition) is 2. The Balaban J connectivity index is 1.00. The number of anilines is 2. The molecule has 2 aliphatic carbocycles. The van der Waals surface area contributed by atoms with Crippen LogP contribution in [0.25, 0.3) is 10.8 Å². The number of carbonyl (C=O) groups excluding carboxylic acids is 3. The molecule has 12 heteroatoms. The molecular weight excluding hydrogens is 690 g/mol. The molecule has 9 nitrogen and oxygen atoms in total. The van der Waals surface area contributed by atoms with Crippen molar-refractivity contribution >= 4 is 63.0 Å². The number of benzene rings is 4. The molecule has 9 rings (SSSR count). The maximum Gasteiger partial charge on any atom is 0.305 e. The van der Waals surface area contributed by atoms with E-state index in [9.17, 15) is 23.6 Å². The monoisotopic (exact) mass is 721 g/mol. The lowest BCUT2D eigenvalue weighted by atomic mass is 9.68. The molecule has 3 heterocycles. The van der Waals surface area contributed by atoms with Gasteiger partial charge in [-0.15, -0.1) is 11.8 Å². The number of fused-ring (bicyclic) bond motifs is 10. The second-order valence-electron chi connectivity index (χ2n) is 13.5. The van der Waals surface area contributed by atoms with Gasteiger partial charge in [-0.05, 0) is 96.0 Å². The van der Waals surface area contributed by atoms with Crippen LogP contribution in [-0.2, 0) is 14.4 Å². The number of nitrogens with one attached hydrogen (secondary N) is 2. The minimum absolute atomic E-state index is 0.00851. The molecule has 0 unspecified atom stereocenters. The third-order valence-electron chi connectivity index (χ3n) is 10.8. The molecule has 5 aromatic rings. The summed E-state index contributed by atoms with van der Waals surface area (Å²) in [6.45, 7) is 2.01. The Kier molecular flexibility index (Phi) is 7.77. The van der Waals surface area contributed by atoms with Gasteiger partial charge in [-0.1, -0.05) is 47.7 Å². The van der Waals surface area contributed by atoms with E-state index in [-0.39, 0.29) is 58.1 Å². The highest BCUT2D eigenvalue weighted by molar-refractivity contribution is 8.00. The number of hydrogen-bond acceptors (Lipinski definition) is 8. The summed E-state index contributed by atoms with van der Waals surface area (Å²) in [6, 6.07) is 24.8. The summed E-state index contributed by atoms with van der Waals surface area (Å²) in [5, 5.41) is 5.81. The summed E-state index contributed by atoms with van der Waals surface area (Å²) in [5.74, 6) is -1.63. The fraction of sp³-hybridized carbons (Fsp3) is 0.282. The summed E-state index contributed by atoms with van der Waals surface area (Å²) >= 11 is 2.79. The number of aromatic nitrogens is 1. The highest BCUT2D eigenvalue weighted by Gasteiger charge is 2.69. The summed E-state index contributed by atoms with van der Waals surface area (Å²) in [5.41, 5.74) is 1.97. The number of H-pyrrole nitrogens is 1. The van der Waals surface area contributed by atoms with Gasteiger partial charge < -0.3 is 19.8 Å². The van der Waals surface area contributed by atoms with E-state index in [4.69, 9.17) is 9.47 Å². The maximum atomic E-state index is 14.0. The number of aromatic amines is 1. The first-order valence-corrected chi connectivity index (χ1v) is 18.7. The van der Waals surface area contributed by atoms with Crippen molar-refractivity contribution in [1.82, 2.24) is 4.98 Å². The maximum absolute atomic E-state index is 14.0. The van der Waals surface area contributed by atoms with Gasteiger partial charge in [0, 0.05) is 21.7 Å². The zero-order valence-corrected chi connectivity index (χ0v) is 29.0. The Hall–Kier alpha value is -4.94. The van der Waals surface area contributed by atoms with Gasteiger partial charge in [-0.25, -0.2) is 4.39 Å². The van der Waals surface area contributed by atoms with Crippen molar-refractivity contribution in [2.75, 3.05) is 23.4 Å². The van der Waals surface area contributed by atoms with Gasteiger partial charge in [0.25, 0.3) is 5.91 Å². The molecule has 258 valence electrons. The number of thiazole rings is 1. The van der Waals surface area contributed by atoms with Gasteiger partial charge in [0.1, 0.15) is 5.82 Å². The van der Waals surface area contributed by atoms with Crippen LogP contribution in [0.1, 0.15) is 29.7 Å². The number of amides is 3. The van der Waals surface area contributed by atoms with E-state index in [0.29, 0.717) is 29.5 Å². The molecule has 2 bridgehead atoms. The van der Waals surface area contributed by atoms with Crippen molar-refractivity contribution in [3.05, 3.63) is 111 Å². The average molecular weight is 722 g/mol. The number of ether oxygens (including phenoxy) is 2. The van der Waals surface area contributed by atoms with Crippen LogP contribution in [0.2, 0.25) is 0 Å². The Morgan fingerprint density at radius 3 is 2.45 bits per heavy atom. The summed E-state index contributed by atoms with van der Waals surface area (Å²) < 4.78 is 25.8. The molecule has 1 saturated heterocycles. The minimum Gasteiger partial charge on any atom is -0.490 e. The molecule has 2 aliphatic heterocycles. The number of halogens is 1. The molecule has 51 heavy (non-hydrogen) atoms. The molecule has 2 N–H and O–H groups in total. The average Bonchev–Trinajstić information content (AvgIpc) is 3.87. The second-order valence-corrected chi connectivity index (χ2v) is 15.7. The first-order chi connectivity index (χ1) is 24.8. The normalized spacial score (nSPS) is 25.8. The predicted molar refractivity (Wildman–Crippen MR) is 193 cm³/mol. The highest BCUT2D eigenvalue weighted by atomic mass is 32.2. The van der Waals surface area contributed by atoms with Crippen LogP contribution in [-0.4, -0.2) is 41.2 Å². The summed E-state index contributed by atoms with van der Waals surface area (Å²) in [6.07, 6.45) is 0.744. The van der Waals surface area contributed by atoms with Crippen LogP contribution in [0.3, 0.4) is 0 Å². The van der Waals surface area contributed by atoms with Crippen LogP contribution >= 0.6 is 23.1 Å². The van der Waals surface area contributed by atoms with Gasteiger partial charge in [0.05, 0.1) is 29.2 Å². The molecule has 4 aliphatic rings. The van der Waals surface area contributed by atoms with E-state index in [1.165, 1.54) is 40.5 Å². The largest absolute Gasteiger partial charge is 0.490 e. The first kappa shape index (κ1) is 32.0. The van der Waals surface area contributed by atoms with E-state index in [2.05, 4.69) is 10.3 Å². The van der Waals surface area contributed by atoms with Crippen LogP contribution in [0, 0.1) is 35.4 Å². The Labute approximate surface area is 300 Å². The fourth-order valence-corrected chi connectivity index (χ4v) is 11.8.